The summed E-state index contributed by atoms with van der Waals surface area (Å²) in [6, 6.07) is 20.4. The number of amides is 1. The third kappa shape index (κ3) is 6.94. The molecular weight excluding hydrogens is 502 g/mol. The standard InChI is InChI=1S/C33H41N3O4/c1-38-29-13-10-26(11-14-29)24-35-21-22-40-30-9-4-3-7-27(30)8-5-6-16-33(25-35)17-19-36(20-18-33)32(37)28-12-15-31(39-2)34-23-28/h3-4,7,9-15,23H,5-6,8,16-22,24-25H2,1-2H3. The van der Waals surface area contributed by atoms with E-state index in [-0.39, 0.29) is 11.3 Å². The number of para-hydroxylation sites is 1. The lowest BCUT2D eigenvalue weighted by molar-refractivity contribution is 0.0361. The van der Waals surface area contributed by atoms with E-state index in [0.717, 1.165) is 69.9 Å². The molecule has 5 rings (SSSR count). The Balaban J connectivity index is 1.32. The van der Waals surface area contributed by atoms with Gasteiger partial charge in [0.05, 0.1) is 19.8 Å². The van der Waals surface area contributed by atoms with Crippen LogP contribution < -0.4 is 14.2 Å². The first-order valence-corrected chi connectivity index (χ1v) is 14.4. The van der Waals surface area contributed by atoms with E-state index < -0.39 is 0 Å². The number of piperidine rings is 1. The van der Waals surface area contributed by atoms with Crippen molar-refractivity contribution in [3.05, 3.63) is 83.6 Å². The fraction of sp³-hybridized carbons (Fsp3) is 0.455. The Labute approximate surface area is 238 Å². The lowest BCUT2D eigenvalue weighted by atomic mass is 9.73. The molecule has 212 valence electrons. The Bertz CT molecular complexity index is 1240. The summed E-state index contributed by atoms with van der Waals surface area (Å²) in [5.41, 5.74) is 3.35. The van der Waals surface area contributed by atoms with Gasteiger partial charge in [-0.15, -0.1) is 0 Å². The molecule has 0 aliphatic carbocycles. The first kappa shape index (κ1) is 28.0. The molecule has 0 bridgehead atoms. The predicted octanol–water partition coefficient (Wildman–Crippen LogP) is 5.63. The van der Waals surface area contributed by atoms with Gasteiger partial charge in [-0.2, -0.15) is 0 Å². The largest absolute Gasteiger partial charge is 0.497 e. The van der Waals surface area contributed by atoms with Gasteiger partial charge in [-0.3, -0.25) is 9.69 Å². The Morgan fingerprint density at radius 1 is 0.925 bits per heavy atom. The molecule has 3 heterocycles. The van der Waals surface area contributed by atoms with Gasteiger partial charge in [0.25, 0.3) is 5.91 Å². The normalized spacial score (nSPS) is 18.1. The van der Waals surface area contributed by atoms with Gasteiger partial charge in [0, 0.05) is 45.0 Å². The third-order valence-electron chi connectivity index (χ3n) is 8.47. The zero-order valence-electron chi connectivity index (χ0n) is 23.8. The van der Waals surface area contributed by atoms with Crippen LogP contribution in [0.5, 0.6) is 17.4 Å². The van der Waals surface area contributed by atoms with Crippen molar-refractivity contribution in [1.29, 1.82) is 0 Å². The zero-order chi connectivity index (χ0) is 27.8. The Morgan fingerprint density at radius 2 is 1.73 bits per heavy atom. The van der Waals surface area contributed by atoms with Crippen LogP contribution in [-0.2, 0) is 13.0 Å². The minimum absolute atomic E-state index is 0.0539. The maximum absolute atomic E-state index is 13.3. The zero-order valence-corrected chi connectivity index (χ0v) is 23.8. The number of carbonyl (C=O) groups is 1. The van der Waals surface area contributed by atoms with E-state index in [0.29, 0.717) is 18.1 Å². The molecule has 2 aliphatic heterocycles. The predicted molar refractivity (Wildman–Crippen MR) is 156 cm³/mol. The number of likely N-dealkylation sites (tertiary alicyclic amines) is 1. The number of hydrogen-bond acceptors (Lipinski definition) is 6. The molecule has 0 unspecified atom stereocenters. The fourth-order valence-corrected chi connectivity index (χ4v) is 6.11. The van der Waals surface area contributed by atoms with Gasteiger partial charge in [-0.25, -0.2) is 4.98 Å². The molecule has 0 N–H and O–H groups in total. The van der Waals surface area contributed by atoms with Crippen LogP contribution in [-0.4, -0.2) is 67.7 Å². The van der Waals surface area contributed by atoms with Gasteiger partial charge in [0.15, 0.2) is 0 Å². The number of aromatic nitrogens is 1. The van der Waals surface area contributed by atoms with Crippen molar-refractivity contribution in [2.45, 2.75) is 45.1 Å². The Kier molecular flexibility index (Phi) is 9.22. The molecule has 40 heavy (non-hydrogen) atoms. The molecular formula is C33H41N3O4. The number of ether oxygens (including phenoxy) is 3. The minimum Gasteiger partial charge on any atom is -0.497 e. The lowest BCUT2D eigenvalue weighted by Crippen LogP contribution is -2.48. The van der Waals surface area contributed by atoms with Gasteiger partial charge in [-0.05, 0) is 72.9 Å². The van der Waals surface area contributed by atoms with Crippen LogP contribution in [0.4, 0.5) is 0 Å². The summed E-state index contributed by atoms with van der Waals surface area (Å²) < 4.78 is 16.9. The maximum atomic E-state index is 13.3. The van der Waals surface area contributed by atoms with E-state index in [9.17, 15) is 4.79 Å². The van der Waals surface area contributed by atoms with Crippen molar-refractivity contribution in [2.24, 2.45) is 5.41 Å². The highest BCUT2D eigenvalue weighted by Gasteiger charge is 2.37. The smallest absolute Gasteiger partial charge is 0.255 e. The molecule has 7 heteroatoms. The van der Waals surface area contributed by atoms with E-state index >= 15 is 0 Å². The second-order valence-electron chi connectivity index (χ2n) is 11.1. The number of pyridine rings is 1. The number of fused-ring (bicyclic) bond motifs is 1. The average Bonchev–Trinajstić information content (AvgIpc) is 3.00. The monoisotopic (exact) mass is 543 g/mol. The van der Waals surface area contributed by atoms with Crippen LogP contribution in [0.1, 0.15) is 53.6 Å². The minimum atomic E-state index is 0.0539. The van der Waals surface area contributed by atoms with Crippen molar-refractivity contribution in [1.82, 2.24) is 14.8 Å². The lowest BCUT2D eigenvalue weighted by Gasteiger charge is -2.45. The summed E-state index contributed by atoms with van der Waals surface area (Å²) in [6.45, 7) is 4.88. The molecule has 7 nitrogen and oxygen atoms in total. The van der Waals surface area contributed by atoms with Crippen LogP contribution >= 0.6 is 0 Å². The van der Waals surface area contributed by atoms with Crippen molar-refractivity contribution in [2.75, 3.05) is 47.0 Å². The molecule has 1 amide bonds. The number of benzene rings is 2. The van der Waals surface area contributed by atoms with Gasteiger partial charge < -0.3 is 19.1 Å². The summed E-state index contributed by atoms with van der Waals surface area (Å²) >= 11 is 0. The molecule has 0 radical (unpaired) electrons. The summed E-state index contributed by atoms with van der Waals surface area (Å²) in [7, 11) is 3.28. The van der Waals surface area contributed by atoms with Crippen molar-refractivity contribution < 1.29 is 19.0 Å². The van der Waals surface area contributed by atoms with Crippen molar-refractivity contribution in [3.8, 4) is 17.4 Å². The SMILES string of the molecule is COc1ccc(CN2CCOc3ccccc3CCCCC3(CCN(C(=O)c4ccc(OC)nc4)CC3)C2)cc1. The molecule has 3 aromatic rings. The average molecular weight is 544 g/mol. The van der Waals surface area contributed by atoms with Crippen LogP contribution in [0, 0.1) is 5.41 Å². The topological polar surface area (TPSA) is 64.1 Å². The molecule has 1 spiro atoms. The number of rotatable bonds is 5. The quantitative estimate of drug-likeness (QED) is 0.416. The van der Waals surface area contributed by atoms with Crippen LogP contribution in [0.15, 0.2) is 66.9 Å². The fourth-order valence-electron chi connectivity index (χ4n) is 6.11. The highest BCUT2D eigenvalue weighted by molar-refractivity contribution is 5.94. The molecule has 1 saturated heterocycles. The molecule has 2 aromatic carbocycles. The number of aryl methyl sites for hydroxylation is 1. The van der Waals surface area contributed by atoms with E-state index in [1.165, 1.54) is 24.0 Å². The van der Waals surface area contributed by atoms with Gasteiger partial charge in [0.2, 0.25) is 5.88 Å². The first-order chi connectivity index (χ1) is 19.6. The van der Waals surface area contributed by atoms with Gasteiger partial charge in [-0.1, -0.05) is 36.8 Å². The summed E-state index contributed by atoms with van der Waals surface area (Å²) in [4.78, 5) is 22.0. The number of nitrogens with zero attached hydrogens (tertiary/aromatic N) is 3. The maximum Gasteiger partial charge on any atom is 0.255 e. The Morgan fingerprint density at radius 3 is 2.45 bits per heavy atom. The van der Waals surface area contributed by atoms with Crippen LogP contribution in [0.3, 0.4) is 0 Å². The highest BCUT2D eigenvalue weighted by Crippen LogP contribution is 2.39. The van der Waals surface area contributed by atoms with Gasteiger partial charge in [0.1, 0.15) is 18.1 Å². The molecule has 1 fully saturated rings. The summed E-state index contributed by atoms with van der Waals surface area (Å²) in [6.07, 6.45) is 8.13. The highest BCUT2D eigenvalue weighted by atomic mass is 16.5. The molecule has 2 aliphatic rings. The Hall–Kier alpha value is -3.58. The molecule has 0 atom stereocenters. The second kappa shape index (κ2) is 13.2. The van der Waals surface area contributed by atoms with Crippen molar-refractivity contribution >= 4 is 5.91 Å². The van der Waals surface area contributed by atoms with E-state index in [4.69, 9.17) is 14.2 Å². The molecule has 0 saturated carbocycles. The number of hydrogen-bond donors (Lipinski definition) is 0. The number of carbonyl (C=O) groups excluding carboxylic acids is 1. The van der Waals surface area contributed by atoms with E-state index in [2.05, 4.69) is 46.3 Å². The van der Waals surface area contributed by atoms with E-state index in [1.807, 2.05) is 23.1 Å². The van der Waals surface area contributed by atoms with Crippen LogP contribution in [0.2, 0.25) is 0 Å². The van der Waals surface area contributed by atoms with Crippen molar-refractivity contribution in [3.63, 3.8) is 0 Å². The number of methoxy groups -OCH3 is 2. The third-order valence-corrected chi connectivity index (χ3v) is 8.47. The van der Waals surface area contributed by atoms with Crippen LogP contribution in [0.25, 0.3) is 0 Å². The molecule has 1 aromatic heterocycles. The van der Waals surface area contributed by atoms with Gasteiger partial charge >= 0.3 is 0 Å². The summed E-state index contributed by atoms with van der Waals surface area (Å²) in [5, 5.41) is 0. The van der Waals surface area contributed by atoms with E-state index in [1.54, 1.807) is 26.5 Å². The first-order valence-electron chi connectivity index (χ1n) is 14.4. The summed E-state index contributed by atoms with van der Waals surface area (Å²) in [5.74, 6) is 2.46. The second-order valence-corrected chi connectivity index (χ2v) is 11.1.